The van der Waals surface area contributed by atoms with Crippen molar-refractivity contribution in [2.45, 2.75) is 24.3 Å². The van der Waals surface area contributed by atoms with Crippen molar-refractivity contribution >= 4 is 45.0 Å². The van der Waals surface area contributed by atoms with Gasteiger partial charge in [-0.1, -0.05) is 29.3 Å². The number of aryl methyl sites for hydroxylation is 1. The lowest BCUT2D eigenvalue weighted by Gasteiger charge is -2.18. The van der Waals surface area contributed by atoms with Crippen LogP contribution in [0.15, 0.2) is 47.4 Å². The Morgan fingerprint density at radius 1 is 1.22 bits per heavy atom. The van der Waals surface area contributed by atoms with Crippen LogP contribution in [-0.2, 0) is 14.8 Å². The van der Waals surface area contributed by atoms with Crippen LogP contribution in [-0.4, -0.2) is 32.4 Å². The average Bonchev–Trinajstić information content (AvgIpc) is 2.62. The third-order valence-corrected chi connectivity index (χ3v) is 6.16. The molecule has 0 saturated heterocycles. The first-order chi connectivity index (χ1) is 12.7. The molecule has 0 bridgehead atoms. The van der Waals surface area contributed by atoms with Gasteiger partial charge in [0.25, 0.3) is 0 Å². The lowest BCUT2D eigenvalue weighted by molar-refractivity contribution is -0.117. The van der Waals surface area contributed by atoms with Gasteiger partial charge < -0.3 is 5.32 Å². The van der Waals surface area contributed by atoms with Crippen LogP contribution in [0.5, 0.6) is 0 Å². The van der Waals surface area contributed by atoms with Crippen LogP contribution in [0.3, 0.4) is 0 Å². The topological polar surface area (TPSA) is 75.3 Å². The molecular formula is C18H20ClFN2O3S2. The molecule has 0 radical (unpaired) electrons. The predicted octanol–water partition coefficient (Wildman–Crippen LogP) is 3.83. The number of thioether (sulfide) groups is 1. The Hall–Kier alpha value is -1.61. The molecule has 1 amide bonds. The fraction of sp³-hybridized carbons (Fsp3) is 0.278. The SMILES string of the molecule is CSCCC(NS(=O)(=O)c1ccc(C)cc1)C(=O)Nc1ccc(F)c(Cl)c1. The fourth-order valence-electron chi connectivity index (χ4n) is 2.26. The van der Waals surface area contributed by atoms with E-state index in [2.05, 4.69) is 10.0 Å². The second kappa shape index (κ2) is 9.54. The highest BCUT2D eigenvalue weighted by Gasteiger charge is 2.25. The molecule has 0 fully saturated rings. The van der Waals surface area contributed by atoms with E-state index in [1.807, 2.05) is 13.2 Å². The molecule has 5 nitrogen and oxygen atoms in total. The smallest absolute Gasteiger partial charge is 0.242 e. The molecule has 2 rings (SSSR count). The molecule has 0 aliphatic carbocycles. The van der Waals surface area contributed by atoms with E-state index in [-0.39, 0.29) is 15.6 Å². The van der Waals surface area contributed by atoms with Crippen LogP contribution in [0.4, 0.5) is 10.1 Å². The first kappa shape index (κ1) is 21.7. The Morgan fingerprint density at radius 3 is 2.48 bits per heavy atom. The van der Waals surface area contributed by atoms with Crippen LogP contribution in [0.2, 0.25) is 5.02 Å². The lowest BCUT2D eigenvalue weighted by atomic mass is 10.2. The number of benzene rings is 2. The van der Waals surface area contributed by atoms with Gasteiger partial charge in [-0.25, -0.2) is 12.8 Å². The average molecular weight is 431 g/mol. The fourth-order valence-corrected chi connectivity index (χ4v) is 4.14. The van der Waals surface area contributed by atoms with Crippen molar-refractivity contribution < 1.29 is 17.6 Å². The normalized spacial score (nSPS) is 12.6. The van der Waals surface area contributed by atoms with Crippen molar-refractivity contribution in [1.82, 2.24) is 4.72 Å². The summed E-state index contributed by atoms with van der Waals surface area (Å²) < 4.78 is 40.9. The molecule has 9 heteroatoms. The van der Waals surface area contributed by atoms with Crippen LogP contribution in [0, 0.1) is 12.7 Å². The highest BCUT2D eigenvalue weighted by atomic mass is 35.5. The third-order valence-electron chi connectivity index (χ3n) is 3.74. The van der Waals surface area contributed by atoms with Crippen LogP contribution in [0.25, 0.3) is 0 Å². The van der Waals surface area contributed by atoms with Gasteiger partial charge >= 0.3 is 0 Å². The highest BCUT2D eigenvalue weighted by Crippen LogP contribution is 2.20. The summed E-state index contributed by atoms with van der Waals surface area (Å²) in [5, 5.41) is 2.45. The number of halogens is 2. The summed E-state index contributed by atoms with van der Waals surface area (Å²) in [7, 11) is -3.87. The summed E-state index contributed by atoms with van der Waals surface area (Å²) in [4.78, 5) is 12.7. The quantitative estimate of drug-likeness (QED) is 0.667. The van der Waals surface area contributed by atoms with Gasteiger partial charge in [0.15, 0.2) is 0 Å². The van der Waals surface area contributed by atoms with Crippen LogP contribution in [0.1, 0.15) is 12.0 Å². The standard InChI is InChI=1S/C18H20ClFN2O3S2/c1-12-3-6-14(7-4-12)27(24,25)22-17(9-10-26-2)18(23)21-13-5-8-16(20)15(19)11-13/h3-8,11,17,22H,9-10H2,1-2H3,(H,21,23). The summed E-state index contributed by atoms with van der Waals surface area (Å²) in [5.41, 5.74) is 1.22. The number of nitrogens with one attached hydrogen (secondary N) is 2. The zero-order chi connectivity index (χ0) is 20.0. The van der Waals surface area contributed by atoms with E-state index in [4.69, 9.17) is 11.6 Å². The lowest BCUT2D eigenvalue weighted by Crippen LogP contribution is -2.44. The molecule has 146 valence electrons. The summed E-state index contributed by atoms with van der Waals surface area (Å²) in [6.07, 6.45) is 2.16. The molecule has 1 atom stereocenters. The van der Waals surface area contributed by atoms with Gasteiger partial charge in [-0.2, -0.15) is 16.5 Å². The molecule has 2 aromatic rings. The molecule has 0 aliphatic heterocycles. The van der Waals surface area contributed by atoms with Gasteiger partial charge in [-0.05, 0) is 55.7 Å². The Kier molecular flexibility index (Phi) is 7.67. The maximum Gasteiger partial charge on any atom is 0.242 e. The van der Waals surface area contributed by atoms with Gasteiger partial charge in [0.1, 0.15) is 11.9 Å². The van der Waals surface area contributed by atoms with E-state index >= 15 is 0 Å². The predicted molar refractivity (Wildman–Crippen MR) is 108 cm³/mol. The van der Waals surface area contributed by atoms with Gasteiger partial charge in [0, 0.05) is 5.69 Å². The summed E-state index contributed by atoms with van der Waals surface area (Å²) in [6, 6.07) is 9.13. The number of sulfonamides is 1. The number of rotatable bonds is 8. The highest BCUT2D eigenvalue weighted by molar-refractivity contribution is 7.98. The molecule has 0 aliphatic rings. The van der Waals surface area contributed by atoms with Crippen molar-refractivity contribution in [3.05, 3.63) is 58.9 Å². The minimum absolute atomic E-state index is 0.0832. The number of carbonyl (C=O) groups excluding carboxylic acids is 1. The maximum absolute atomic E-state index is 13.3. The molecule has 0 saturated carbocycles. The number of hydrogen-bond donors (Lipinski definition) is 2. The van der Waals surface area contributed by atoms with Gasteiger partial charge in [-0.3, -0.25) is 4.79 Å². The van der Waals surface area contributed by atoms with E-state index in [9.17, 15) is 17.6 Å². The molecule has 2 N–H and O–H groups in total. The van der Waals surface area contributed by atoms with Gasteiger partial charge in [0.05, 0.1) is 9.92 Å². The van der Waals surface area contributed by atoms with E-state index in [1.54, 1.807) is 12.1 Å². The second-order valence-electron chi connectivity index (χ2n) is 5.89. The van der Waals surface area contributed by atoms with Crippen molar-refractivity contribution in [3.63, 3.8) is 0 Å². The Labute approximate surface area is 167 Å². The Balaban J connectivity index is 2.18. The largest absolute Gasteiger partial charge is 0.325 e. The van der Waals surface area contributed by atoms with Crippen LogP contribution < -0.4 is 10.0 Å². The van der Waals surface area contributed by atoms with E-state index in [0.717, 1.165) is 11.6 Å². The first-order valence-electron chi connectivity index (χ1n) is 8.07. The van der Waals surface area contributed by atoms with E-state index in [0.29, 0.717) is 12.2 Å². The minimum atomic E-state index is -3.87. The number of amides is 1. The third kappa shape index (κ3) is 6.21. The Morgan fingerprint density at radius 2 is 1.89 bits per heavy atom. The van der Waals surface area contributed by atoms with Gasteiger partial charge in [0.2, 0.25) is 15.9 Å². The molecule has 1 unspecified atom stereocenters. The summed E-state index contributed by atoms with van der Waals surface area (Å²) in [6.45, 7) is 1.85. The second-order valence-corrected chi connectivity index (χ2v) is 8.99. The van der Waals surface area contributed by atoms with Crippen molar-refractivity contribution in [2.24, 2.45) is 0 Å². The number of hydrogen-bond acceptors (Lipinski definition) is 4. The summed E-state index contributed by atoms with van der Waals surface area (Å²) >= 11 is 7.21. The van der Waals surface area contributed by atoms with Crippen molar-refractivity contribution in [2.75, 3.05) is 17.3 Å². The summed E-state index contributed by atoms with van der Waals surface area (Å²) in [5.74, 6) is -0.560. The minimum Gasteiger partial charge on any atom is -0.325 e. The van der Waals surface area contributed by atoms with E-state index < -0.39 is 27.8 Å². The zero-order valence-corrected chi connectivity index (χ0v) is 17.2. The first-order valence-corrected chi connectivity index (χ1v) is 11.3. The Bertz CT molecular complexity index is 905. The van der Waals surface area contributed by atoms with Gasteiger partial charge in [-0.15, -0.1) is 0 Å². The van der Waals surface area contributed by atoms with Crippen molar-refractivity contribution in [3.8, 4) is 0 Å². The van der Waals surface area contributed by atoms with Crippen molar-refractivity contribution in [1.29, 1.82) is 0 Å². The molecule has 0 aromatic heterocycles. The monoisotopic (exact) mass is 430 g/mol. The molecule has 27 heavy (non-hydrogen) atoms. The van der Waals surface area contributed by atoms with E-state index in [1.165, 1.54) is 36.0 Å². The molecule has 0 spiro atoms. The number of anilines is 1. The molecular weight excluding hydrogens is 411 g/mol. The molecule has 0 heterocycles. The maximum atomic E-state index is 13.3. The zero-order valence-electron chi connectivity index (χ0n) is 14.8. The number of carbonyl (C=O) groups is 1. The molecule has 2 aromatic carbocycles. The van der Waals surface area contributed by atoms with Crippen LogP contribution >= 0.6 is 23.4 Å².